The Morgan fingerprint density at radius 3 is 2.05 bits per heavy atom. The zero-order chi connectivity index (χ0) is 15.8. The Morgan fingerprint density at radius 2 is 1.52 bits per heavy atom. The molecule has 2 rings (SSSR count). The van der Waals surface area contributed by atoms with E-state index >= 15 is 0 Å². The smallest absolute Gasteiger partial charge is 0.138 e. The Morgan fingerprint density at radius 1 is 0.952 bits per heavy atom. The fourth-order valence-corrected chi connectivity index (χ4v) is 2.40. The van der Waals surface area contributed by atoms with Gasteiger partial charge in [0.25, 0.3) is 0 Å². The summed E-state index contributed by atoms with van der Waals surface area (Å²) in [6, 6.07) is 5.23. The Balaban J connectivity index is 2.46. The molecule has 0 aliphatic heterocycles. The monoisotopic (exact) mass is 343 g/mol. The minimum Gasteiger partial charge on any atom is -0.340 e. The van der Waals surface area contributed by atoms with Gasteiger partial charge in [0.05, 0.1) is 0 Å². The van der Waals surface area contributed by atoms with Crippen molar-refractivity contribution in [2.45, 2.75) is 33.1 Å². The van der Waals surface area contributed by atoms with Crippen molar-refractivity contribution in [3.05, 3.63) is 44.8 Å². The van der Waals surface area contributed by atoms with Crippen LogP contribution < -0.4 is 5.32 Å². The van der Waals surface area contributed by atoms with Crippen molar-refractivity contribution >= 4 is 46.3 Å². The van der Waals surface area contributed by atoms with Crippen molar-refractivity contribution in [1.82, 2.24) is 9.97 Å². The van der Waals surface area contributed by atoms with Gasteiger partial charge in [0.15, 0.2) is 0 Å². The summed E-state index contributed by atoms with van der Waals surface area (Å²) in [5.74, 6) is 1.33. The van der Waals surface area contributed by atoms with Crippen LogP contribution in [-0.2, 0) is 5.41 Å². The van der Waals surface area contributed by atoms with Gasteiger partial charge in [-0.05, 0) is 25.1 Å². The molecular weight excluding hydrogens is 329 g/mol. The van der Waals surface area contributed by atoms with E-state index in [2.05, 4.69) is 15.3 Å². The van der Waals surface area contributed by atoms with Crippen LogP contribution in [0.25, 0.3) is 0 Å². The van der Waals surface area contributed by atoms with E-state index in [9.17, 15) is 0 Å². The van der Waals surface area contributed by atoms with Gasteiger partial charge in [-0.2, -0.15) is 0 Å². The molecule has 0 unspecified atom stereocenters. The SMILES string of the molecule is Cc1c(Cl)nc(C(C)(C)C)nc1Nc1cc(Cl)cc(Cl)c1. The second-order valence-corrected chi connectivity index (χ2v) is 7.08. The van der Waals surface area contributed by atoms with Crippen molar-refractivity contribution in [3.8, 4) is 0 Å². The molecule has 0 saturated carbocycles. The van der Waals surface area contributed by atoms with Crippen LogP contribution in [-0.4, -0.2) is 9.97 Å². The standard InChI is InChI=1S/C15H16Cl3N3/c1-8-12(18)20-14(15(2,3)4)21-13(8)19-11-6-9(16)5-10(17)7-11/h5-7H,1-4H3,(H,19,20,21). The summed E-state index contributed by atoms with van der Waals surface area (Å²) < 4.78 is 0. The molecule has 1 N–H and O–H groups in total. The van der Waals surface area contributed by atoms with Crippen LogP contribution in [0, 0.1) is 6.92 Å². The lowest BCUT2D eigenvalue weighted by Crippen LogP contribution is -2.17. The minimum atomic E-state index is -0.195. The third-order valence-corrected chi connectivity index (χ3v) is 3.69. The zero-order valence-electron chi connectivity index (χ0n) is 12.3. The number of nitrogens with one attached hydrogen (secondary N) is 1. The number of hydrogen-bond donors (Lipinski definition) is 1. The van der Waals surface area contributed by atoms with Gasteiger partial charge in [0.2, 0.25) is 0 Å². The Bertz CT molecular complexity index is 658. The van der Waals surface area contributed by atoms with E-state index < -0.39 is 0 Å². The lowest BCUT2D eigenvalue weighted by molar-refractivity contribution is 0.545. The summed E-state index contributed by atoms with van der Waals surface area (Å²) in [5, 5.41) is 4.75. The predicted octanol–water partition coefficient (Wildman–Crippen LogP) is 5.79. The predicted molar refractivity (Wildman–Crippen MR) is 90.2 cm³/mol. The molecule has 0 fully saturated rings. The molecule has 1 aromatic heterocycles. The molecule has 3 nitrogen and oxygen atoms in total. The first kappa shape index (κ1) is 16.3. The molecule has 0 bridgehead atoms. The van der Waals surface area contributed by atoms with Crippen molar-refractivity contribution in [1.29, 1.82) is 0 Å². The molecule has 0 spiro atoms. The quantitative estimate of drug-likeness (QED) is 0.701. The first-order valence-electron chi connectivity index (χ1n) is 6.44. The average molecular weight is 345 g/mol. The molecule has 112 valence electrons. The lowest BCUT2D eigenvalue weighted by atomic mass is 9.95. The summed E-state index contributed by atoms with van der Waals surface area (Å²) in [7, 11) is 0. The van der Waals surface area contributed by atoms with E-state index in [-0.39, 0.29) is 5.41 Å². The highest BCUT2D eigenvalue weighted by Crippen LogP contribution is 2.30. The number of hydrogen-bond acceptors (Lipinski definition) is 3. The first-order chi connectivity index (χ1) is 9.66. The molecule has 1 aromatic carbocycles. The van der Waals surface area contributed by atoms with Crippen LogP contribution in [0.2, 0.25) is 15.2 Å². The summed E-state index contributed by atoms with van der Waals surface area (Å²) in [4.78, 5) is 8.91. The van der Waals surface area contributed by atoms with Crippen LogP contribution in [0.15, 0.2) is 18.2 Å². The van der Waals surface area contributed by atoms with Crippen molar-refractivity contribution in [3.63, 3.8) is 0 Å². The number of halogens is 3. The minimum absolute atomic E-state index is 0.195. The molecule has 21 heavy (non-hydrogen) atoms. The third kappa shape index (κ3) is 4.00. The molecule has 0 amide bonds. The molecule has 1 heterocycles. The van der Waals surface area contributed by atoms with Crippen LogP contribution in [0.5, 0.6) is 0 Å². The Kier molecular flexibility index (Phi) is 4.66. The van der Waals surface area contributed by atoms with Gasteiger partial charge in [0.1, 0.15) is 16.8 Å². The van der Waals surface area contributed by atoms with Gasteiger partial charge >= 0.3 is 0 Å². The second kappa shape index (κ2) is 5.99. The van der Waals surface area contributed by atoms with Crippen LogP contribution in [0.3, 0.4) is 0 Å². The van der Waals surface area contributed by atoms with Gasteiger partial charge < -0.3 is 5.32 Å². The first-order valence-corrected chi connectivity index (χ1v) is 7.58. The normalized spacial score (nSPS) is 11.6. The fourth-order valence-electron chi connectivity index (χ4n) is 1.71. The Labute approximate surface area is 139 Å². The molecule has 0 radical (unpaired) electrons. The van der Waals surface area contributed by atoms with E-state index in [1.807, 2.05) is 27.7 Å². The van der Waals surface area contributed by atoms with Gasteiger partial charge in [-0.1, -0.05) is 55.6 Å². The summed E-state index contributed by atoms with van der Waals surface area (Å²) in [6.45, 7) is 7.97. The molecule has 2 aromatic rings. The van der Waals surface area contributed by atoms with Crippen molar-refractivity contribution in [2.75, 3.05) is 5.32 Å². The topological polar surface area (TPSA) is 37.8 Å². The maximum atomic E-state index is 6.21. The average Bonchev–Trinajstić information content (AvgIpc) is 2.32. The maximum Gasteiger partial charge on any atom is 0.138 e. The molecule has 6 heteroatoms. The molecule has 0 aliphatic rings. The van der Waals surface area contributed by atoms with Gasteiger partial charge in [-0.25, -0.2) is 9.97 Å². The highest BCUT2D eigenvalue weighted by Gasteiger charge is 2.20. The van der Waals surface area contributed by atoms with Gasteiger partial charge in [-0.3, -0.25) is 0 Å². The molecule has 0 saturated heterocycles. The van der Waals surface area contributed by atoms with Crippen LogP contribution in [0.4, 0.5) is 11.5 Å². The number of nitrogens with zero attached hydrogens (tertiary/aromatic N) is 2. The van der Waals surface area contributed by atoms with E-state index in [0.29, 0.717) is 26.8 Å². The number of aromatic nitrogens is 2. The van der Waals surface area contributed by atoms with E-state index in [1.54, 1.807) is 18.2 Å². The van der Waals surface area contributed by atoms with Crippen LogP contribution in [0.1, 0.15) is 32.2 Å². The number of rotatable bonds is 2. The van der Waals surface area contributed by atoms with Crippen molar-refractivity contribution < 1.29 is 0 Å². The number of benzene rings is 1. The summed E-state index contributed by atoms with van der Waals surface area (Å²) in [6.07, 6.45) is 0. The fraction of sp³-hybridized carbons (Fsp3) is 0.333. The van der Waals surface area contributed by atoms with Crippen LogP contribution >= 0.6 is 34.8 Å². The highest BCUT2D eigenvalue weighted by atomic mass is 35.5. The third-order valence-electron chi connectivity index (χ3n) is 2.88. The lowest BCUT2D eigenvalue weighted by Gasteiger charge is -2.19. The molecule has 0 atom stereocenters. The molecule has 0 aliphatic carbocycles. The van der Waals surface area contributed by atoms with Gasteiger partial charge in [-0.15, -0.1) is 0 Å². The molecular formula is C15H16Cl3N3. The second-order valence-electron chi connectivity index (χ2n) is 5.84. The van der Waals surface area contributed by atoms with Crippen molar-refractivity contribution in [2.24, 2.45) is 0 Å². The zero-order valence-corrected chi connectivity index (χ0v) is 14.5. The number of anilines is 2. The summed E-state index contributed by atoms with van der Waals surface area (Å²) in [5.41, 5.74) is 1.34. The van der Waals surface area contributed by atoms with E-state index in [1.165, 1.54) is 0 Å². The van der Waals surface area contributed by atoms with E-state index in [4.69, 9.17) is 34.8 Å². The highest BCUT2D eigenvalue weighted by molar-refractivity contribution is 6.35. The van der Waals surface area contributed by atoms with Gasteiger partial charge in [0, 0.05) is 26.7 Å². The largest absolute Gasteiger partial charge is 0.340 e. The summed E-state index contributed by atoms with van der Waals surface area (Å²) >= 11 is 18.2. The Hall–Kier alpha value is -1.03. The van der Waals surface area contributed by atoms with E-state index in [0.717, 1.165) is 11.3 Å². The maximum absolute atomic E-state index is 6.21.